The van der Waals surface area contributed by atoms with Crippen molar-refractivity contribution in [1.82, 2.24) is 10.4 Å². The lowest BCUT2D eigenvalue weighted by Crippen LogP contribution is -2.30. The highest BCUT2D eigenvalue weighted by molar-refractivity contribution is 9.10. The fourth-order valence-electron chi connectivity index (χ4n) is 1.80. The zero-order valence-electron chi connectivity index (χ0n) is 9.61. The van der Waals surface area contributed by atoms with Gasteiger partial charge < -0.3 is 0 Å². The number of nitrogens with zero attached hydrogens (tertiary/aromatic N) is 1. The molecule has 1 heterocycles. The number of benzene rings is 1. The summed E-state index contributed by atoms with van der Waals surface area (Å²) < 4.78 is 14.4. The van der Waals surface area contributed by atoms with Crippen LogP contribution in [-0.2, 0) is 6.42 Å². The highest BCUT2D eigenvalue weighted by Gasteiger charge is 2.16. The van der Waals surface area contributed by atoms with Crippen LogP contribution in [-0.4, -0.2) is 4.98 Å². The van der Waals surface area contributed by atoms with Crippen LogP contribution >= 0.6 is 15.9 Å². The van der Waals surface area contributed by atoms with Gasteiger partial charge in [-0.25, -0.2) is 4.39 Å². The molecule has 0 bridgehead atoms. The maximum atomic E-state index is 14.0. The summed E-state index contributed by atoms with van der Waals surface area (Å²) in [6.45, 7) is 0. The lowest BCUT2D eigenvalue weighted by molar-refractivity contribution is 0.508. The monoisotopic (exact) mass is 309 g/mol. The summed E-state index contributed by atoms with van der Waals surface area (Å²) >= 11 is 3.18. The van der Waals surface area contributed by atoms with E-state index in [4.69, 9.17) is 5.84 Å². The van der Waals surface area contributed by atoms with Crippen LogP contribution in [0.15, 0.2) is 47.2 Å². The van der Waals surface area contributed by atoms with Crippen molar-refractivity contribution in [2.75, 3.05) is 0 Å². The van der Waals surface area contributed by atoms with Crippen molar-refractivity contribution in [1.29, 1.82) is 0 Å². The van der Waals surface area contributed by atoms with Crippen LogP contribution in [0.2, 0.25) is 0 Å². The van der Waals surface area contributed by atoms with Crippen molar-refractivity contribution < 1.29 is 4.39 Å². The third-order valence-corrected chi connectivity index (χ3v) is 3.36. The van der Waals surface area contributed by atoms with Gasteiger partial charge in [-0.15, -0.1) is 0 Å². The van der Waals surface area contributed by atoms with E-state index in [1.165, 1.54) is 0 Å². The van der Waals surface area contributed by atoms with Crippen LogP contribution in [0.5, 0.6) is 0 Å². The minimum Gasteiger partial charge on any atom is -0.271 e. The molecule has 5 heteroatoms. The summed E-state index contributed by atoms with van der Waals surface area (Å²) in [4.78, 5) is 3.95. The van der Waals surface area contributed by atoms with Gasteiger partial charge in [-0.05, 0) is 46.1 Å². The second-order valence-corrected chi connectivity index (χ2v) is 4.78. The van der Waals surface area contributed by atoms with Gasteiger partial charge in [0.15, 0.2) is 0 Å². The van der Waals surface area contributed by atoms with Crippen molar-refractivity contribution in [2.24, 2.45) is 5.84 Å². The molecule has 0 fully saturated rings. The van der Waals surface area contributed by atoms with Crippen molar-refractivity contribution >= 4 is 15.9 Å². The number of pyridine rings is 1. The highest BCUT2D eigenvalue weighted by atomic mass is 79.9. The average molecular weight is 310 g/mol. The molecule has 1 atom stereocenters. The fourth-order valence-corrected chi connectivity index (χ4v) is 2.18. The predicted molar refractivity (Wildman–Crippen MR) is 72.1 cm³/mol. The first-order valence-corrected chi connectivity index (χ1v) is 6.30. The Hall–Kier alpha value is -1.30. The van der Waals surface area contributed by atoms with Crippen LogP contribution in [0, 0.1) is 5.82 Å². The van der Waals surface area contributed by atoms with Crippen LogP contribution in [0.1, 0.15) is 17.2 Å². The molecule has 1 unspecified atom stereocenters. The van der Waals surface area contributed by atoms with Crippen LogP contribution < -0.4 is 11.3 Å². The molecule has 0 spiro atoms. The first-order valence-electron chi connectivity index (χ1n) is 5.51. The number of nitrogens with one attached hydrogen (secondary N) is 1. The van der Waals surface area contributed by atoms with Gasteiger partial charge in [-0.3, -0.25) is 16.3 Å². The lowest BCUT2D eigenvalue weighted by Gasteiger charge is -2.17. The summed E-state index contributed by atoms with van der Waals surface area (Å²) in [5.41, 5.74) is 4.25. The number of hydrogen-bond acceptors (Lipinski definition) is 3. The summed E-state index contributed by atoms with van der Waals surface area (Å²) in [7, 11) is 0. The molecule has 3 N–H and O–H groups in total. The first kappa shape index (κ1) is 13.1. The van der Waals surface area contributed by atoms with Gasteiger partial charge in [0.2, 0.25) is 0 Å². The SMILES string of the molecule is NNC(Cc1ccncc1)c1cccc(Br)c1F. The Balaban J connectivity index is 2.26. The molecule has 0 radical (unpaired) electrons. The van der Waals surface area contributed by atoms with E-state index in [2.05, 4.69) is 26.3 Å². The predicted octanol–water partition coefficient (Wildman–Crippen LogP) is 2.73. The summed E-state index contributed by atoms with van der Waals surface area (Å²) in [5, 5.41) is 0. The Morgan fingerprint density at radius 2 is 2.00 bits per heavy atom. The first-order chi connectivity index (χ1) is 8.72. The van der Waals surface area contributed by atoms with Gasteiger partial charge in [0, 0.05) is 18.0 Å². The van der Waals surface area contributed by atoms with Gasteiger partial charge in [0.25, 0.3) is 0 Å². The molecule has 1 aromatic carbocycles. The minimum absolute atomic E-state index is 0.273. The van der Waals surface area contributed by atoms with Gasteiger partial charge in [0.1, 0.15) is 5.82 Å². The van der Waals surface area contributed by atoms with Crippen LogP contribution in [0.25, 0.3) is 0 Å². The zero-order chi connectivity index (χ0) is 13.0. The fraction of sp³-hybridized carbons (Fsp3) is 0.154. The molecular weight excluding hydrogens is 297 g/mol. The summed E-state index contributed by atoms with van der Waals surface area (Å²) in [6, 6.07) is 8.69. The standard InChI is InChI=1S/C13H13BrFN3/c14-11-3-1-2-10(13(11)15)12(18-16)8-9-4-6-17-7-5-9/h1-7,12,18H,8,16H2. The molecule has 3 nitrogen and oxygen atoms in total. The Labute approximate surface area is 113 Å². The normalized spacial score (nSPS) is 12.4. The molecule has 2 aromatic rings. The van der Waals surface area contributed by atoms with E-state index in [1.54, 1.807) is 30.6 Å². The largest absolute Gasteiger partial charge is 0.271 e. The third-order valence-electron chi connectivity index (χ3n) is 2.75. The van der Waals surface area contributed by atoms with E-state index < -0.39 is 0 Å². The molecule has 94 valence electrons. The molecule has 18 heavy (non-hydrogen) atoms. The van der Waals surface area contributed by atoms with Crippen molar-refractivity contribution in [2.45, 2.75) is 12.5 Å². The minimum atomic E-state index is -0.283. The maximum absolute atomic E-state index is 14.0. The molecule has 0 saturated heterocycles. The molecule has 0 aliphatic heterocycles. The highest BCUT2D eigenvalue weighted by Crippen LogP contribution is 2.25. The second-order valence-electron chi connectivity index (χ2n) is 3.92. The molecule has 0 saturated carbocycles. The van der Waals surface area contributed by atoms with E-state index in [1.807, 2.05) is 12.1 Å². The molecular formula is C13H13BrFN3. The van der Waals surface area contributed by atoms with Gasteiger partial charge >= 0.3 is 0 Å². The van der Waals surface area contributed by atoms with Crippen molar-refractivity contribution in [3.63, 3.8) is 0 Å². The summed E-state index contributed by atoms with van der Waals surface area (Å²) in [5.74, 6) is 5.24. The van der Waals surface area contributed by atoms with E-state index >= 15 is 0 Å². The van der Waals surface area contributed by atoms with Crippen LogP contribution in [0.4, 0.5) is 4.39 Å². The number of aromatic nitrogens is 1. The number of hydrazine groups is 1. The lowest BCUT2D eigenvalue weighted by atomic mass is 10.00. The molecule has 0 aliphatic carbocycles. The average Bonchev–Trinajstić information content (AvgIpc) is 2.41. The van der Waals surface area contributed by atoms with E-state index in [0.717, 1.165) is 5.56 Å². The Kier molecular flexibility index (Phi) is 4.41. The topological polar surface area (TPSA) is 50.9 Å². The van der Waals surface area contributed by atoms with Gasteiger partial charge in [-0.1, -0.05) is 12.1 Å². The molecule has 1 aromatic heterocycles. The Bertz CT molecular complexity index is 519. The van der Waals surface area contributed by atoms with Crippen LogP contribution in [0.3, 0.4) is 0 Å². The zero-order valence-corrected chi connectivity index (χ0v) is 11.2. The second kappa shape index (κ2) is 6.04. The Morgan fingerprint density at radius 1 is 1.28 bits per heavy atom. The molecule has 2 rings (SSSR count). The smallest absolute Gasteiger partial charge is 0.142 e. The van der Waals surface area contributed by atoms with E-state index in [-0.39, 0.29) is 11.9 Å². The van der Waals surface area contributed by atoms with Gasteiger partial charge in [-0.2, -0.15) is 0 Å². The maximum Gasteiger partial charge on any atom is 0.142 e. The number of hydrogen-bond donors (Lipinski definition) is 2. The van der Waals surface area contributed by atoms with Gasteiger partial charge in [0.05, 0.1) is 10.5 Å². The van der Waals surface area contributed by atoms with Crippen molar-refractivity contribution in [3.8, 4) is 0 Å². The van der Waals surface area contributed by atoms with E-state index in [0.29, 0.717) is 16.5 Å². The molecule has 0 aliphatic rings. The Morgan fingerprint density at radius 3 is 2.67 bits per heavy atom. The van der Waals surface area contributed by atoms with Crippen molar-refractivity contribution in [3.05, 3.63) is 64.1 Å². The van der Waals surface area contributed by atoms with E-state index in [9.17, 15) is 4.39 Å². The quantitative estimate of drug-likeness (QED) is 0.674. The summed E-state index contributed by atoms with van der Waals surface area (Å²) in [6.07, 6.45) is 4.02. The number of rotatable bonds is 4. The number of nitrogens with two attached hydrogens (primary N) is 1. The third kappa shape index (κ3) is 2.93. The number of halogens is 2. The molecule has 0 amide bonds.